The molecule has 0 saturated heterocycles. The van der Waals surface area contributed by atoms with Crippen LogP contribution >= 0.6 is 23.1 Å². The van der Waals surface area contributed by atoms with Gasteiger partial charge in [-0.15, -0.1) is 11.3 Å². The Morgan fingerprint density at radius 1 is 1.09 bits per heavy atom. The molecule has 0 unspecified atom stereocenters. The van der Waals surface area contributed by atoms with Crippen molar-refractivity contribution < 1.29 is 14.3 Å². The largest absolute Gasteiger partial charge is 0.465 e. The average Bonchev–Trinajstić information content (AvgIpc) is 3.36. The first-order valence-electron chi connectivity index (χ1n) is 10.2. The van der Waals surface area contributed by atoms with Crippen LogP contribution in [0.4, 0.5) is 5.69 Å². The minimum Gasteiger partial charge on any atom is -0.465 e. The number of aryl methyl sites for hydroxylation is 1. The molecule has 7 nitrogen and oxygen atoms in total. The van der Waals surface area contributed by atoms with E-state index in [9.17, 15) is 14.4 Å². The third-order valence-corrected chi connectivity index (χ3v) is 6.82. The highest BCUT2D eigenvalue weighted by molar-refractivity contribution is 7.99. The van der Waals surface area contributed by atoms with Crippen molar-refractivity contribution in [2.24, 2.45) is 0 Å². The van der Waals surface area contributed by atoms with E-state index in [2.05, 4.69) is 15.0 Å². The van der Waals surface area contributed by atoms with Crippen molar-refractivity contribution in [3.8, 4) is 0 Å². The molecule has 0 aliphatic carbocycles. The minimum absolute atomic E-state index is 0.0858. The van der Waals surface area contributed by atoms with Crippen molar-refractivity contribution in [3.05, 3.63) is 86.8 Å². The van der Waals surface area contributed by atoms with Gasteiger partial charge in [0, 0.05) is 17.1 Å². The van der Waals surface area contributed by atoms with E-state index < -0.39 is 5.97 Å². The number of aromatic nitrogens is 2. The number of fused-ring (bicyclic) bond motifs is 1. The predicted octanol–water partition coefficient (Wildman–Crippen LogP) is 4.22. The smallest absolute Gasteiger partial charge is 0.337 e. The third kappa shape index (κ3) is 5.50. The van der Waals surface area contributed by atoms with Crippen molar-refractivity contribution in [3.63, 3.8) is 0 Å². The molecule has 0 atom stereocenters. The molecule has 0 bridgehead atoms. The zero-order valence-corrected chi connectivity index (χ0v) is 19.4. The fourth-order valence-corrected chi connectivity index (χ4v) is 4.79. The summed E-state index contributed by atoms with van der Waals surface area (Å²) < 4.78 is 6.32. The van der Waals surface area contributed by atoms with Crippen LogP contribution in [0.25, 0.3) is 10.9 Å². The van der Waals surface area contributed by atoms with Crippen molar-refractivity contribution in [2.45, 2.75) is 18.1 Å². The first-order chi connectivity index (χ1) is 16.0. The lowest BCUT2D eigenvalue weighted by Crippen LogP contribution is -2.25. The standard InChI is InChI=1S/C24H21N3O4S2/c1-31-23(30)16-8-10-17(11-9-16)25-21(28)15-33-24-26-20-7-3-2-6-19(20)22(29)27(24)13-12-18-5-4-14-32-18/h2-11,14H,12-13,15H2,1H3,(H,25,28). The molecular weight excluding hydrogens is 458 g/mol. The van der Waals surface area contributed by atoms with Gasteiger partial charge in [0.2, 0.25) is 5.91 Å². The normalized spacial score (nSPS) is 10.8. The van der Waals surface area contributed by atoms with E-state index >= 15 is 0 Å². The van der Waals surface area contributed by atoms with Crippen molar-refractivity contribution in [1.82, 2.24) is 9.55 Å². The summed E-state index contributed by atoms with van der Waals surface area (Å²) in [6.45, 7) is 0.482. The molecule has 0 aliphatic heterocycles. The number of carbonyl (C=O) groups is 2. The molecular formula is C24H21N3O4S2. The maximum atomic E-state index is 13.1. The quantitative estimate of drug-likeness (QED) is 0.231. The Hall–Kier alpha value is -3.43. The molecule has 33 heavy (non-hydrogen) atoms. The lowest BCUT2D eigenvalue weighted by atomic mass is 10.2. The summed E-state index contributed by atoms with van der Waals surface area (Å²) in [6.07, 6.45) is 0.712. The molecule has 4 rings (SSSR count). The number of nitrogens with one attached hydrogen (secondary N) is 1. The second-order valence-corrected chi connectivity index (χ2v) is 9.08. The Bertz CT molecular complexity index is 1330. The van der Waals surface area contributed by atoms with Gasteiger partial charge in [-0.05, 0) is 54.3 Å². The summed E-state index contributed by atoms with van der Waals surface area (Å²) in [5.74, 6) is -0.591. The van der Waals surface area contributed by atoms with E-state index in [1.54, 1.807) is 52.3 Å². The Morgan fingerprint density at radius 2 is 1.88 bits per heavy atom. The van der Waals surface area contributed by atoms with Crippen LogP contribution in [0, 0.1) is 0 Å². The summed E-state index contributed by atoms with van der Waals surface area (Å²) >= 11 is 2.87. The van der Waals surface area contributed by atoms with Crippen molar-refractivity contribution in [2.75, 3.05) is 18.2 Å². The number of methoxy groups -OCH3 is 1. The van der Waals surface area contributed by atoms with Crippen LogP contribution in [0.1, 0.15) is 15.2 Å². The fourth-order valence-electron chi connectivity index (χ4n) is 3.27. The van der Waals surface area contributed by atoms with Gasteiger partial charge in [0.1, 0.15) is 0 Å². The maximum Gasteiger partial charge on any atom is 0.337 e. The molecule has 0 aliphatic rings. The summed E-state index contributed by atoms with van der Waals surface area (Å²) in [5.41, 5.74) is 1.46. The summed E-state index contributed by atoms with van der Waals surface area (Å²) in [6, 6.07) is 17.7. The van der Waals surface area contributed by atoms with Crippen LogP contribution in [-0.2, 0) is 22.5 Å². The molecule has 2 aromatic carbocycles. The Labute approximate surface area is 198 Å². The highest BCUT2D eigenvalue weighted by atomic mass is 32.2. The highest BCUT2D eigenvalue weighted by Gasteiger charge is 2.14. The Balaban J connectivity index is 1.49. The summed E-state index contributed by atoms with van der Waals surface area (Å²) in [7, 11) is 1.32. The zero-order valence-electron chi connectivity index (χ0n) is 17.8. The first kappa shape index (κ1) is 22.8. The van der Waals surface area contributed by atoms with Crippen LogP contribution in [0.3, 0.4) is 0 Å². The van der Waals surface area contributed by atoms with Gasteiger partial charge >= 0.3 is 5.97 Å². The lowest BCUT2D eigenvalue weighted by Gasteiger charge is -2.13. The summed E-state index contributed by atoms with van der Waals surface area (Å²) in [4.78, 5) is 43.0. The van der Waals surface area contributed by atoms with Crippen LogP contribution in [0.15, 0.2) is 76.0 Å². The predicted molar refractivity (Wildman–Crippen MR) is 131 cm³/mol. The topological polar surface area (TPSA) is 90.3 Å². The van der Waals surface area contributed by atoms with E-state index in [4.69, 9.17) is 0 Å². The number of hydrogen-bond donors (Lipinski definition) is 1. The fraction of sp³-hybridized carbons (Fsp3) is 0.167. The van der Waals surface area contributed by atoms with Gasteiger partial charge in [-0.2, -0.15) is 0 Å². The molecule has 168 valence electrons. The maximum absolute atomic E-state index is 13.1. The molecule has 0 radical (unpaired) electrons. The Kier molecular flexibility index (Phi) is 7.21. The van der Waals surface area contributed by atoms with Crippen LogP contribution in [-0.4, -0.2) is 34.3 Å². The minimum atomic E-state index is -0.439. The molecule has 2 heterocycles. The zero-order chi connectivity index (χ0) is 23.2. The van der Waals surface area contributed by atoms with Crippen LogP contribution in [0.5, 0.6) is 0 Å². The monoisotopic (exact) mass is 479 g/mol. The number of thiophene rings is 1. The molecule has 4 aromatic rings. The van der Waals surface area contributed by atoms with Crippen molar-refractivity contribution >= 4 is 51.6 Å². The van der Waals surface area contributed by atoms with E-state index in [0.717, 1.165) is 0 Å². The SMILES string of the molecule is COC(=O)c1ccc(NC(=O)CSc2nc3ccccc3c(=O)n2CCc2cccs2)cc1. The number of anilines is 1. The lowest BCUT2D eigenvalue weighted by molar-refractivity contribution is -0.113. The molecule has 2 aromatic heterocycles. The number of hydrogen-bond acceptors (Lipinski definition) is 7. The molecule has 0 fully saturated rings. The van der Waals surface area contributed by atoms with Gasteiger partial charge in [-0.3, -0.25) is 14.2 Å². The average molecular weight is 480 g/mol. The third-order valence-electron chi connectivity index (χ3n) is 4.91. The van der Waals surface area contributed by atoms with Gasteiger partial charge in [0.25, 0.3) is 5.56 Å². The van der Waals surface area contributed by atoms with E-state index in [-0.39, 0.29) is 17.2 Å². The number of para-hydroxylation sites is 1. The van der Waals surface area contributed by atoms with Crippen LogP contribution < -0.4 is 10.9 Å². The number of amides is 1. The van der Waals surface area contributed by atoms with Crippen LogP contribution in [0.2, 0.25) is 0 Å². The number of ether oxygens (including phenoxy) is 1. The first-order valence-corrected chi connectivity index (χ1v) is 12.0. The van der Waals surface area contributed by atoms with Crippen molar-refractivity contribution in [1.29, 1.82) is 0 Å². The Morgan fingerprint density at radius 3 is 2.61 bits per heavy atom. The second kappa shape index (κ2) is 10.5. The van der Waals surface area contributed by atoms with Gasteiger partial charge in [0.15, 0.2) is 5.16 Å². The number of benzene rings is 2. The van der Waals surface area contributed by atoms with Gasteiger partial charge in [-0.25, -0.2) is 9.78 Å². The second-order valence-electron chi connectivity index (χ2n) is 7.10. The van der Waals surface area contributed by atoms with E-state index in [1.165, 1.54) is 23.7 Å². The summed E-state index contributed by atoms with van der Waals surface area (Å²) in [5, 5.41) is 5.87. The molecule has 9 heteroatoms. The number of esters is 1. The number of thioether (sulfide) groups is 1. The number of nitrogens with zero attached hydrogens (tertiary/aromatic N) is 2. The molecule has 1 N–H and O–H groups in total. The van der Waals surface area contributed by atoms with Gasteiger partial charge in [0.05, 0.1) is 29.3 Å². The molecule has 1 amide bonds. The number of rotatable bonds is 8. The van der Waals surface area contributed by atoms with Gasteiger partial charge < -0.3 is 10.1 Å². The molecule has 0 saturated carbocycles. The number of carbonyl (C=O) groups excluding carboxylic acids is 2. The van der Waals surface area contributed by atoms with Gasteiger partial charge in [-0.1, -0.05) is 30.0 Å². The van der Waals surface area contributed by atoms with E-state index in [0.29, 0.717) is 40.3 Å². The molecule has 0 spiro atoms. The highest BCUT2D eigenvalue weighted by Crippen LogP contribution is 2.20. The van der Waals surface area contributed by atoms with E-state index in [1.807, 2.05) is 29.6 Å².